The van der Waals surface area contributed by atoms with Crippen molar-refractivity contribution in [2.24, 2.45) is 0 Å². The van der Waals surface area contributed by atoms with Gasteiger partial charge in [0.15, 0.2) is 10.6 Å². The van der Waals surface area contributed by atoms with E-state index in [0.29, 0.717) is 37.7 Å². The van der Waals surface area contributed by atoms with Crippen LogP contribution in [0.1, 0.15) is 5.56 Å². The monoisotopic (exact) mass is 456 g/mol. The molecular formula is C20H24N8O3S. The quantitative estimate of drug-likeness (QED) is 0.520. The minimum atomic E-state index is -0.522. The number of amides is 1. The van der Waals surface area contributed by atoms with Gasteiger partial charge in [-0.05, 0) is 30.7 Å². The van der Waals surface area contributed by atoms with Gasteiger partial charge in [0.25, 0.3) is 0 Å². The molecule has 32 heavy (non-hydrogen) atoms. The Morgan fingerprint density at radius 1 is 1.25 bits per heavy atom. The fourth-order valence-corrected chi connectivity index (χ4v) is 4.27. The summed E-state index contributed by atoms with van der Waals surface area (Å²) in [5, 5.41) is 7.62. The van der Waals surface area contributed by atoms with Crippen LogP contribution in [-0.4, -0.2) is 71.5 Å². The number of thiazole rings is 1. The van der Waals surface area contributed by atoms with Crippen molar-refractivity contribution in [1.29, 1.82) is 0 Å². The summed E-state index contributed by atoms with van der Waals surface area (Å²) in [6.07, 6.45) is -0.311. The van der Waals surface area contributed by atoms with Gasteiger partial charge < -0.3 is 25.5 Å². The Morgan fingerprint density at radius 3 is 2.78 bits per heavy atom. The zero-order chi connectivity index (χ0) is 22.1. The molecule has 11 nitrogen and oxygen atoms in total. The van der Waals surface area contributed by atoms with Crippen molar-refractivity contribution in [3.8, 4) is 5.75 Å². The first kappa shape index (κ1) is 20.7. The number of carbonyl (C=O) groups is 1. The number of piperazine rings is 1. The van der Waals surface area contributed by atoms with Crippen LogP contribution in [0.4, 0.5) is 22.2 Å². The van der Waals surface area contributed by atoms with Crippen LogP contribution < -0.4 is 26.0 Å². The summed E-state index contributed by atoms with van der Waals surface area (Å²) in [4.78, 5) is 33.7. The van der Waals surface area contributed by atoms with Crippen molar-refractivity contribution in [2.45, 2.75) is 13.0 Å². The Kier molecular flexibility index (Phi) is 5.64. The van der Waals surface area contributed by atoms with Gasteiger partial charge in [0.05, 0.1) is 18.6 Å². The molecule has 2 fully saturated rings. The smallest absolute Gasteiger partial charge is 0.430 e. The number of aryl methyl sites for hydroxylation is 1. The number of anilines is 3. The van der Waals surface area contributed by atoms with E-state index in [2.05, 4.69) is 30.5 Å². The highest BCUT2D eigenvalue weighted by molar-refractivity contribution is 7.16. The third-order valence-corrected chi connectivity index (χ3v) is 6.15. The highest BCUT2D eigenvalue weighted by Crippen LogP contribution is 2.27. The van der Waals surface area contributed by atoms with Crippen LogP contribution in [0.15, 0.2) is 23.7 Å². The van der Waals surface area contributed by atoms with Crippen LogP contribution in [-0.2, 0) is 4.84 Å². The molecule has 0 saturated carbocycles. The summed E-state index contributed by atoms with van der Waals surface area (Å²) in [5.74, 6) is 1.74. The summed E-state index contributed by atoms with van der Waals surface area (Å²) in [6, 6.07) is 5.60. The number of fused-ring (bicyclic) bond motifs is 1. The number of hydrogen-bond acceptors (Lipinski definition) is 11. The molecule has 0 aliphatic carbocycles. The number of nitrogen functional groups attached to an aromatic ring is 1. The van der Waals surface area contributed by atoms with E-state index < -0.39 is 6.09 Å². The van der Waals surface area contributed by atoms with Crippen LogP contribution >= 0.6 is 11.3 Å². The molecule has 0 atom stereocenters. The number of nitrogens with zero attached hydrogens (tertiary/aromatic N) is 5. The van der Waals surface area contributed by atoms with Crippen molar-refractivity contribution in [3.63, 3.8) is 0 Å². The third-order valence-electron chi connectivity index (χ3n) is 5.43. The Balaban J connectivity index is 1.15. The molecule has 4 N–H and O–H groups in total. The van der Waals surface area contributed by atoms with Crippen LogP contribution in [0.2, 0.25) is 0 Å². The first-order chi connectivity index (χ1) is 15.5. The highest BCUT2D eigenvalue weighted by Gasteiger charge is 2.24. The Hall–Kier alpha value is -3.22. The molecule has 0 bridgehead atoms. The van der Waals surface area contributed by atoms with Crippen LogP contribution in [0.25, 0.3) is 10.3 Å². The lowest BCUT2D eigenvalue weighted by atomic mass is 10.2. The zero-order valence-electron chi connectivity index (χ0n) is 17.6. The number of nitrogens with two attached hydrogens (primary N) is 1. The molecule has 0 radical (unpaired) electrons. The maximum Gasteiger partial charge on any atom is 0.430 e. The van der Waals surface area contributed by atoms with E-state index in [1.165, 1.54) is 11.3 Å². The minimum Gasteiger partial charge on any atom is -0.488 e. The predicted molar refractivity (Wildman–Crippen MR) is 122 cm³/mol. The lowest BCUT2D eigenvalue weighted by Crippen LogP contribution is -2.50. The van der Waals surface area contributed by atoms with Gasteiger partial charge in [-0.2, -0.15) is 4.98 Å². The first-order valence-electron chi connectivity index (χ1n) is 10.4. The van der Waals surface area contributed by atoms with E-state index >= 15 is 0 Å². The molecule has 5 rings (SSSR count). The standard InChI is InChI=1S/C20H24N8O3S/c1-12-8-13(30-14-9-22-10-14)2-3-15(12)24-20(29)31-28-6-4-27(5-7-28)17-16-18(32-11-23-16)26-19(21)25-17/h2-3,8,11,14,22H,4-7,9-10H2,1H3,(H,24,29)(H2,21,25,26). The minimum absolute atomic E-state index is 0.210. The third kappa shape index (κ3) is 4.38. The summed E-state index contributed by atoms with van der Waals surface area (Å²) < 4.78 is 5.85. The number of ether oxygens (including phenoxy) is 1. The molecule has 2 aliphatic rings. The van der Waals surface area contributed by atoms with Gasteiger partial charge in [0, 0.05) is 31.9 Å². The first-order valence-corrected chi connectivity index (χ1v) is 11.3. The molecule has 1 amide bonds. The lowest BCUT2D eigenvalue weighted by molar-refractivity contribution is -0.0966. The molecule has 2 aromatic heterocycles. The molecule has 0 spiro atoms. The van der Waals surface area contributed by atoms with E-state index in [1.807, 2.05) is 25.1 Å². The Labute approximate surface area is 188 Å². The summed E-state index contributed by atoms with van der Waals surface area (Å²) >= 11 is 1.43. The Bertz CT molecular complexity index is 1130. The average Bonchev–Trinajstić information content (AvgIpc) is 3.21. The molecular weight excluding hydrogens is 432 g/mol. The number of hydrogen-bond donors (Lipinski definition) is 3. The normalized spacial score (nSPS) is 17.2. The summed E-state index contributed by atoms with van der Waals surface area (Å²) in [5.41, 5.74) is 9.92. The van der Waals surface area contributed by atoms with Crippen molar-refractivity contribution in [1.82, 2.24) is 25.3 Å². The molecule has 4 heterocycles. The van der Waals surface area contributed by atoms with Crippen molar-refractivity contribution in [3.05, 3.63) is 29.3 Å². The molecule has 12 heteroatoms. The van der Waals surface area contributed by atoms with Crippen molar-refractivity contribution < 1.29 is 14.4 Å². The van der Waals surface area contributed by atoms with E-state index in [0.717, 1.165) is 34.7 Å². The van der Waals surface area contributed by atoms with Crippen LogP contribution in [0, 0.1) is 6.92 Å². The van der Waals surface area contributed by atoms with Crippen molar-refractivity contribution in [2.75, 3.05) is 55.2 Å². The maximum absolute atomic E-state index is 12.4. The number of aromatic nitrogens is 3. The molecule has 0 unspecified atom stereocenters. The lowest BCUT2D eigenvalue weighted by Gasteiger charge is -2.34. The number of rotatable bonds is 5. The summed E-state index contributed by atoms with van der Waals surface area (Å²) in [6.45, 7) is 5.95. The highest BCUT2D eigenvalue weighted by atomic mass is 32.1. The molecule has 2 saturated heterocycles. The van der Waals surface area contributed by atoms with E-state index in [9.17, 15) is 4.79 Å². The molecule has 1 aromatic carbocycles. The number of benzene rings is 1. The number of hydroxylamine groups is 2. The Morgan fingerprint density at radius 2 is 2.06 bits per heavy atom. The topological polar surface area (TPSA) is 131 Å². The van der Waals surface area contributed by atoms with E-state index in [-0.39, 0.29) is 12.1 Å². The number of carbonyl (C=O) groups excluding carboxylic acids is 1. The second-order valence-corrected chi connectivity index (χ2v) is 8.54. The second kappa shape index (κ2) is 8.73. The van der Waals surface area contributed by atoms with Gasteiger partial charge in [0.1, 0.15) is 17.4 Å². The largest absolute Gasteiger partial charge is 0.488 e. The van der Waals surface area contributed by atoms with Gasteiger partial charge in [-0.15, -0.1) is 16.4 Å². The van der Waals surface area contributed by atoms with Crippen LogP contribution in [0.3, 0.4) is 0 Å². The molecule has 168 valence electrons. The fourth-order valence-electron chi connectivity index (χ4n) is 3.61. The van der Waals surface area contributed by atoms with Gasteiger partial charge in [-0.3, -0.25) is 5.32 Å². The zero-order valence-corrected chi connectivity index (χ0v) is 18.4. The van der Waals surface area contributed by atoms with Gasteiger partial charge >= 0.3 is 6.09 Å². The van der Waals surface area contributed by atoms with E-state index in [4.69, 9.17) is 15.3 Å². The van der Waals surface area contributed by atoms with Gasteiger partial charge in [0.2, 0.25) is 5.95 Å². The molecule has 3 aromatic rings. The maximum atomic E-state index is 12.4. The van der Waals surface area contributed by atoms with Crippen LogP contribution in [0.5, 0.6) is 5.75 Å². The average molecular weight is 457 g/mol. The van der Waals surface area contributed by atoms with E-state index in [1.54, 1.807) is 10.6 Å². The fraction of sp³-hybridized carbons (Fsp3) is 0.400. The summed E-state index contributed by atoms with van der Waals surface area (Å²) in [7, 11) is 0. The number of nitrogens with one attached hydrogen (secondary N) is 2. The predicted octanol–water partition coefficient (Wildman–Crippen LogP) is 1.61. The van der Waals surface area contributed by atoms with Gasteiger partial charge in [-0.1, -0.05) is 0 Å². The SMILES string of the molecule is Cc1cc(OC2CNC2)ccc1NC(=O)ON1CCN(c2nc(N)nc3scnc23)CC1. The molecule has 2 aliphatic heterocycles. The van der Waals surface area contributed by atoms with Gasteiger partial charge in [-0.25, -0.2) is 14.8 Å². The van der Waals surface area contributed by atoms with Crippen molar-refractivity contribution >= 4 is 45.2 Å². The second-order valence-electron chi connectivity index (χ2n) is 7.71.